The summed E-state index contributed by atoms with van der Waals surface area (Å²) in [5, 5.41) is 17.7. The number of hydrogen-bond acceptors (Lipinski definition) is 9. The van der Waals surface area contributed by atoms with Gasteiger partial charge in [-0.1, -0.05) is 12.2 Å². The predicted octanol–water partition coefficient (Wildman–Crippen LogP) is -1.30. The first-order chi connectivity index (χ1) is 15.2. The molecule has 0 fully saturated rings. The summed E-state index contributed by atoms with van der Waals surface area (Å²) in [5.41, 5.74) is 3.95. The molecule has 0 spiro atoms. The number of anilines is 1. The van der Waals surface area contributed by atoms with Crippen LogP contribution in [0.3, 0.4) is 0 Å². The molecule has 0 unspecified atom stereocenters. The number of nitrogens with zero attached hydrogens (tertiary/aromatic N) is 3. The fourth-order valence-corrected chi connectivity index (χ4v) is 2.92. The quantitative estimate of drug-likeness (QED) is 0.412. The molecule has 2 aliphatic rings. The fraction of sp³-hybridized carbons (Fsp3) is 0.368. The zero-order valence-corrected chi connectivity index (χ0v) is 16.9. The second-order valence-corrected chi connectivity index (χ2v) is 6.91. The molecule has 0 saturated carbocycles. The van der Waals surface area contributed by atoms with Crippen molar-refractivity contribution >= 4 is 5.82 Å². The van der Waals surface area contributed by atoms with Crippen molar-refractivity contribution in [1.29, 1.82) is 0 Å². The van der Waals surface area contributed by atoms with Gasteiger partial charge in [0.15, 0.2) is 24.1 Å². The lowest BCUT2D eigenvalue weighted by atomic mass is 10.3. The highest BCUT2D eigenvalue weighted by atomic mass is 19.1. The van der Waals surface area contributed by atoms with Gasteiger partial charge in [-0.25, -0.2) is 14.0 Å². The third-order valence-electron chi connectivity index (χ3n) is 4.60. The van der Waals surface area contributed by atoms with Crippen molar-refractivity contribution in [2.75, 3.05) is 18.9 Å². The zero-order chi connectivity index (χ0) is 23.4. The summed E-state index contributed by atoms with van der Waals surface area (Å²) in [7, 11) is 0. The molecular formula is C19H22FN5O7. The van der Waals surface area contributed by atoms with Crippen LogP contribution in [0.2, 0.25) is 0 Å². The predicted molar refractivity (Wildman–Crippen MR) is 109 cm³/mol. The minimum Gasteiger partial charge on any atom is -0.393 e. The molecule has 13 heteroatoms. The maximum atomic E-state index is 13.1. The highest BCUT2D eigenvalue weighted by Gasteiger charge is 2.22. The third kappa shape index (κ3) is 5.08. The molecule has 4 rings (SSSR count). The maximum Gasteiger partial charge on any atom is 0.352 e. The molecule has 0 saturated heterocycles. The normalized spacial score (nSPS) is 23.9. The summed E-state index contributed by atoms with van der Waals surface area (Å²) in [6, 6.07) is 0. The van der Waals surface area contributed by atoms with Gasteiger partial charge in [0, 0.05) is 11.8 Å². The Labute approximate surface area is 179 Å². The first-order valence-corrected chi connectivity index (χ1v) is 9.49. The highest BCUT2D eigenvalue weighted by molar-refractivity contribution is 5.26. The lowest BCUT2D eigenvalue weighted by Gasteiger charge is -2.14. The van der Waals surface area contributed by atoms with Gasteiger partial charge in [-0.3, -0.25) is 18.9 Å². The van der Waals surface area contributed by atoms with E-state index in [1.807, 2.05) is 0 Å². The molecule has 172 valence electrons. The number of nitrogen functional groups attached to an aromatic ring is 1. The van der Waals surface area contributed by atoms with Crippen LogP contribution in [0.15, 0.2) is 51.1 Å². The minimum atomic E-state index is -0.788. The van der Waals surface area contributed by atoms with Crippen molar-refractivity contribution in [1.82, 2.24) is 19.1 Å². The van der Waals surface area contributed by atoms with E-state index in [-0.39, 0.29) is 13.2 Å². The number of nitrogens with one attached hydrogen (secondary N) is 1. The van der Waals surface area contributed by atoms with Gasteiger partial charge in [0.2, 0.25) is 0 Å². The summed E-state index contributed by atoms with van der Waals surface area (Å²) in [5.74, 6) is -1.23. The van der Waals surface area contributed by atoms with Gasteiger partial charge in [-0.05, 0) is 19.1 Å². The number of aromatic nitrogens is 4. The van der Waals surface area contributed by atoms with Gasteiger partial charge in [0.05, 0.1) is 19.4 Å². The lowest BCUT2D eigenvalue weighted by molar-refractivity contribution is -0.0106. The summed E-state index contributed by atoms with van der Waals surface area (Å²) in [6.07, 6.45) is 6.63. The average Bonchev–Trinajstić information content (AvgIpc) is 3.43. The second kappa shape index (κ2) is 9.82. The Morgan fingerprint density at radius 2 is 1.59 bits per heavy atom. The maximum absolute atomic E-state index is 13.1. The average molecular weight is 451 g/mol. The number of ether oxygens (including phenoxy) is 2. The Kier molecular flexibility index (Phi) is 7.15. The molecule has 5 N–H and O–H groups in total. The van der Waals surface area contributed by atoms with Gasteiger partial charge in [0.25, 0.3) is 5.56 Å². The number of halogens is 1. The molecule has 2 aromatic heterocycles. The van der Waals surface area contributed by atoms with Crippen molar-refractivity contribution in [2.24, 2.45) is 0 Å². The van der Waals surface area contributed by atoms with Crippen LogP contribution in [0.1, 0.15) is 18.0 Å². The Balaban J connectivity index is 0.000000181. The first kappa shape index (κ1) is 23.3. The molecule has 0 radical (unpaired) electrons. The smallest absolute Gasteiger partial charge is 0.352 e. The van der Waals surface area contributed by atoms with Crippen molar-refractivity contribution in [3.8, 4) is 0 Å². The molecule has 12 nitrogen and oxygen atoms in total. The number of aliphatic hydroxyl groups excluding tert-OH is 2. The molecule has 0 amide bonds. The first-order valence-electron chi connectivity index (χ1n) is 9.49. The van der Waals surface area contributed by atoms with E-state index in [0.29, 0.717) is 5.56 Å². The van der Waals surface area contributed by atoms with Crippen LogP contribution in [-0.2, 0) is 9.47 Å². The standard InChI is InChI=1S/C10H12N2O4.C9H10FN3O3/c1-6-4-12(10(15)11-9(6)14)8-3-2-7(5-13)16-8;10-6-3-13(9(15)12-8(6)11)7-2-1-5(4-14)16-7/h2-4,7-8,13H,5H2,1H3,(H,11,14,15);1-3,5,7,14H,4H2,(H2,11,12,15)/t7-,8+;5-,7+/m01/s1. The van der Waals surface area contributed by atoms with Crippen LogP contribution in [-0.4, -0.2) is 54.7 Å². The molecular weight excluding hydrogens is 429 g/mol. The molecule has 4 atom stereocenters. The molecule has 0 aliphatic carbocycles. The Bertz CT molecular complexity index is 1200. The van der Waals surface area contributed by atoms with Crippen molar-refractivity contribution < 1.29 is 24.1 Å². The molecule has 0 bridgehead atoms. The van der Waals surface area contributed by atoms with E-state index in [1.54, 1.807) is 31.2 Å². The zero-order valence-electron chi connectivity index (χ0n) is 16.9. The summed E-state index contributed by atoms with van der Waals surface area (Å²) in [6.45, 7) is 1.27. The fourth-order valence-electron chi connectivity index (χ4n) is 2.92. The second-order valence-electron chi connectivity index (χ2n) is 6.91. The largest absolute Gasteiger partial charge is 0.393 e. The van der Waals surface area contributed by atoms with Crippen molar-refractivity contribution in [2.45, 2.75) is 31.6 Å². The number of nitrogens with two attached hydrogens (primary N) is 1. The van der Waals surface area contributed by atoms with Crippen LogP contribution in [0.25, 0.3) is 0 Å². The SMILES string of the molecule is Cc1cn([C@H]2C=C[C@@H](CO)O2)c(=O)[nH]c1=O.Nc1nc(=O)n([C@@H]2C=C[C@H](CO)O2)cc1F. The summed E-state index contributed by atoms with van der Waals surface area (Å²) in [4.78, 5) is 39.6. The van der Waals surface area contributed by atoms with Gasteiger partial charge in [-0.15, -0.1) is 0 Å². The molecule has 2 aliphatic heterocycles. The van der Waals surface area contributed by atoms with Gasteiger partial charge in [0.1, 0.15) is 12.2 Å². The number of rotatable bonds is 4. The van der Waals surface area contributed by atoms with Gasteiger partial charge >= 0.3 is 11.4 Å². The highest BCUT2D eigenvalue weighted by Crippen LogP contribution is 2.20. The number of aliphatic hydroxyl groups is 2. The van der Waals surface area contributed by atoms with E-state index < -0.39 is 53.2 Å². The number of hydrogen-bond donors (Lipinski definition) is 4. The topological polar surface area (TPSA) is 175 Å². The van der Waals surface area contributed by atoms with E-state index >= 15 is 0 Å². The Morgan fingerprint density at radius 1 is 1.03 bits per heavy atom. The number of aromatic amines is 1. The molecule has 0 aromatic carbocycles. The van der Waals surface area contributed by atoms with Crippen LogP contribution in [0, 0.1) is 12.7 Å². The third-order valence-corrected chi connectivity index (χ3v) is 4.60. The van der Waals surface area contributed by atoms with Crippen molar-refractivity contribution in [3.05, 3.63) is 79.4 Å². The van der Waals surface area contributed by atoms with Crippen molar-refractivity contribution in [3.63, 3.8) is 0 Å². The monoisotopic (exact) mass is 451 g/mol. The van der Waals surface area contributed by atoms with Crippen LogP contribution in [0.4, 0.5) is 10.2 Å². The van der Waals surface area contributed by atoms with E-state index in [4.69, 9.17) is 25.4 Å². The summed E-state index contributed by atoms with van der Waals surface area (Å²) >= 11 is 0. The molecule has 2 aromatic rings. The minimum absolute atomic E-state index is 0.135. The van der Waals surface area contributed by atoms with Gasteiger partial charge in [-0.2, -0.15) is 4.98 Å². The van der Waals surface area contributed by atoms with E-state index in [9.17, 15) is 18.8 Å². The molecule has 4 heterocycles. The van der Waals surface area contributed by atoms with E-state index in [1.165, 1.54) is 10.8 Å². The van der Waals surface area contributed by atoms with Gasteiger partial charge < -0.3 is 25.4 Å². The lowest BCUT2D eigenvalue weighted by Crippen LogP contribution is -2.33. The Morgan fingerprint density at radius 3 is 2.12 bits per heavy atom. The summed E-state index contributed by atoms with van der Waals surface area (Å²) < 4.78 is 25.9. The van der Waals surface area contributed by atoms with E-state index in [0.717, 1.165) is 10.8 Å². The number of H-pyrrole nitrogens is 1. The molecule has 32 heavy (non-hydrogen) atoms. The van der Waals surface area contributed by atoms with Crippen LogP contribution >= 0.6 is 0 Å². The Hall–Kier alpha value is -3.39. The van der Waals surface area contributed by atoms with Crippen LogP contribution in [0.5, 0.6) is 0 Å². The number of aryl methyl sites for hydroxylation is 1. The van der Waals surface area contributed by atoms with E-state index in [2.05, 4.69) is 9.97 Å². The van der Waals surface area contributed by atoms with Crippen LogP contribution < -0.4 is 22.7 Å².